The number of nitrogens with one attached hydrogen (secondary N) is 2. The summed E-state index contributed by atoms with van der Waals surface area (Å²) in [5, 5.41) is 5.20. The first-order chi connectivity index (χ1) is 16.8. The van der Waals surface area contributed by atoms with Gasteiger partial charge in [0.15, 0.2) is 0 Å². The van der Waals surface area contributed by atoms with Gasteiger partial charge in [-0.3, -0.25) is 29.4 Å². The van der Waals surface area contributed by atoms with Crippen LogP contribution >= 0.6 is 0 Å². The fourth-order valence-corrected chi connectivity index (χ4v) is 4.39. The molecule has 10 heteroatoms. The molecular weight excluding hydrogens is 464 g/mol. The second-order valence-electron chi connectivity index (χ2n) is 10.8. The average molecular weight is 501 g/mol. The summed E-state index contributed by atoms with van der Waals surface area (Å²) < 4.78 is 5.43. The number of rotatable bonds is 7. The Bertz CT molecular complexity index is 1060. The standard InChI is InChI=1S/C26H36N4O6/c1-15(2)11-20(29(6)25(35)36-26(3,4)5)22(32)27-13-16-7-8-18-17(12-16)14-30(24(18)34)19-9-10-21(31)28-23(19)33/h7-8,12,15,19-20H,9-11,13-14H2,1-6H3,(H,27,32)(H,28,31,33)/t19?,20-/m0/s1. The van der Waals surface area contributed by atoms with Gasteiger partial charge in [0, 0.05) is 32.1 Å². The van der Waals surface area contributed by atoms with Crippen molar-refractivity contribution >= 4 is 29.7 Å². The maximum Gasteiger partial charge on any atom is 0.410 e. The van der Waals surface area contributed by atoms with E-state index in [4.69, 9.17) is 4.74 Å². The predicted molar refractivity (Wildman–Crippen MR) is 132 cm³/mol. The van der Waals surface area contributed by atoms with Gasteiger partial charge in [0.1, 0.15) is 17.7 Å². The molecule has 0 aliphatic carbocycles. The fraction of sp³-hybridized carbons (Fsp3) is 0.577. The lowest BCUT2D eigenvalue weighted by Crippen LogP contribution is -2.52. The van der Waals surface area contributed by atoms with Gasteiger partial charge in [0.05, 0.1) is 0 Å². The van der Waals surface area contributed by atoms with E-state index in [1.165, 1.54) is 9.80 Å². The highest BCUT2D eigenvalue weighted by Crippen LogP contribution is 2.28. The van der Waals surface area contributed by atoms with Crippen molar-refractivity contribution in [2.24, 2.45) is 5.92 Å². The number of carbonyl (C=O) groups excluding carboxylic acids is 5. The molecule has 0 spiro atoms. The monoisotopic (exact) mass is 500 g/mol. The number of likely N-dealkylation sites (N-methyl/N-ethyl adjacent to an activating group) is 1. The molecule has 2 aliphatic heterocycles. The van der Waals surface area contributed by atoms with E-state index < -0.39 is 29.7 Å². The first kappa shape index (κ1) is 27.2. The second-order valence-corrected chi connectivity index (χ2v) is 10.8. The van der Waals surface area contributed by atoms with Crippen LogP contribution in [0, 0.1) is 5.92 Å². The van der Waals surface area contributed by atoms with Gasteiger partial charge in [-0.15, -0.1) is 0 Å². The number of amides is 5. The predicted octanol–water partition coefficient (Wildman–Crippen LogP) is 2.35. The molecule has 2 atom stereocenters. The lowest BCUT2D eigenvalue weighted by atomic mass is 10.0. The van der Waals surface area contributed by atoms with Crippen molar-refractivity contribution in [2.75, 3.05) is 7.05 Å². The molecule has 5 amide bonds. The fourth-order valence-electron chi connectivity index (χ4n) is 4.39. The molecule has 0 radical (unpaired) electrons. The van der Waals surface area contributed by atoms with Crippen LogP contribution in [-0.4, -0.2) is 64.3 Å². The second kappa shape index (κ2) is 10.7. The number of ether oxygens (including phenoxy) is 1. The molecule has 0 saturated carbocycles. The summed E-state index contributed by atoms with van der Waals surface area (Å²) in [7, 11) is 1.56. The highest BCUT2D eigenvalue weighted by Gasteiger charge is 2.39. The molecular formula is C26H36N4O6. The molecule has 1 unspecified atom stereocenters. The zero-order valence-electron chi connectivity index (χ0n) is 21.8. The smallest absolute Gasteiger partial charge is 0.410 e. The molecule has 10 nitrogen and oxygen atoms in total. The first-order valence-electron chi connectivity index (χ1n) is 12.3. The normalized spacial score (nSPS) is 18.6. The van der Waals surface area contributed by atoms with E-state index in [9.17, 15) is 24.0 Å². The van der Waals surface area contributed by atoms with E-state index in [1.807, 2.05) is 19.9 Å². The topological polar surface area (TPSA) is 125 Å². The van der Waals surface area contributed by atoms with Crippen LogP contribution < -0.4 is 10.6 Å². The molecule has 1 aromatic carbocycles. The Morgan fingerprint density at radius 2 is 1.92 bits per heavy atom. The minimum absolute atomic E-state index is 0.176. The first-order valence-corrected chi connectivity index (χ1v) is 12.3. The summed E-state index contributed by atoms with van der Waals surface area (Å²) in [6, 6.07) is 3.93. The van der Waals surface area contributed by atoms with E-state index in [2.05, 4.69) is 10.6 Å². The Kier molecular flexibility index (Phi) is 8.05. The molecule has 2 heterocycles. The maximum atomic E-state index is 13.1. The third-order valence-corrected chi connectivity index (χ3v) is 6.20. The van der Waals surface area contributed by atoms with Gasteiger partial charge in [-0.2, -0.15) is 0 Å². The summed E-state index contributed by atoms with van der Waals surface area (Å²) in [4.78, 5) is 65.0. The average Bonchev–Trinajstić information content (AvgIpc) is 3.09. The highest BCUT2D eigenvalue weighted by molar-refractivity contribution is 6.05. The Hall–Kier alpha value is -3.43. The van der Waals surface area contributed by atoms with Crippen molar-refractivity contribution in [1.29, 1.82) is 0 Å². The summed E-state index contributed by atoms with van der Waals surface area (Å²) in [6.45, 7) is 9.77. The van der Waals surface area contributed by atoms with Crippen LogP contribution in [0.3, 0.4) is 0 Å². The number of hydrogen-bond acceptors (Lipinski definition) is 6. The third kappa shape index (κ3) is 6.41. The van der Waals surface area contributed by atoms with Crippen LogP contribution in [0.4, 0.5) is 4.79 Å². The minimum atomic E-state index is -0.695. The van der Waals surface area contributed by atoms with Crippen LogP contribution in [0.1, 0.15) is 75.4 Å². The Morgan fingerprint density at radius 1 is 1.22 bits per heavy atom. The lowest BCUT2D eigenvalue weighted by molar-refractivity contribution is -0.137. The molecule has 2 N–H and O–H groups in total. The number of hydrogen-bond donors (Lipinski definition) is 2. The largest absolute Gasteiger partial charge is 0.444 e. The Labute approximate surface area is 211 Å². The van der Waals surface area contributed by atoms with E-state index in [0.717, 1.165) is 11.1 Å². The van der Waals surface area contributed by atoms with E-state index in [-0.39, 0.29) is 43.1 Å². The van der Waals surface area contributed by atoms with Crippen molar-refractivity contribution in [2.45, 2.75) is 84.7 Å². The van der Waals surface area contributed by atoms with Crippen LogP contribution in [0.2, 0.25) is 0 Å². The van der Waals surface area contributed by atoms with Crippen LogP contribution in [0.5, 0.6) is 0 Å². The highest BCUT2D eigenvalue weighted by atomic mass is 16.6. The third-order valence-electron chi connectivity index (χ3n) is 6.20. The molecule has 1 saturated heterocycles. The van der Waals surface area contributed by atoms with Gasteiger partial charge in [-0.05, 0) is 56.7 Å². The number of fused-ring (bicyclic) bond motifs is 1. The van der Waals surface area contributed by atoms with Crippen molar-refractivity contribution in [3.05, 3.63) is 34.9 Å². The van der Waals surface area contributed by atoms with Gasteiger partial charge >= 0.3 is 6.09 Å². The van der Waals surface area contributed by atoms with Gasteiger partial charge < -0.3 is 15.0 Å². The van der Waals surface area contributed by atoms with E-state index in [0.29, 0.717) is 18.4 Å². The van der Waals surface area contributed by atoms with Gasteiger partial charge in [-0.25, -0.2) is 4.79 Å². The molecule has 196 valence electrons. The molecule has 36 heavy (non-hydrogen) atoms. The molecule has 1 fully saturated rings. The Balaban J connectivity index is 1.66. The van der Waals surface area contributed by atoms with Crippen molar-refractivity contribution in [1.82, 2.24) is 20.4 Å². The zero-order chi connectivity index (χ0) is 26.8. The summed E-state index contributed by atoms with van der Waals surface area (Å²) in [6.07, 6.45) is 0.410. The van der Waals surface area contributed by atoms with E-state index >= 15 is 0 Å². The quantitative estimate of drug-likeness (QED) is 0.554. The van der Waals surface area contributed by atoms with Crippen LogP contribution in [0.15, 0.2) is 18.2 Å². The molecule has 2 aliphatic rings. The SMILES string of the molecule is CC(C)C[C@@H](C(=O)NCc1ccc2c(c1)CN(C1CCC(=O)NC1=O)C2=O)N(C)C(=O)OC(C)(C)C. The number of carbonyl (C=O) groups is 5. The molecule has 0 aromatic heterocycles. The van der Waals surface area contributed by atoms with Gasteiger partial charge in [-0.1, -0.05) is 26.0 Å². The van der Waals surface area contributed by atoms with Crippen LogP contribution in [0.25, 0.3) is 0 Å². The lowest BCUT2D eigenvalue weighted by Gasteiger charge is -2.31. The van der Waals surface area contributed by atoms with Crippen molar-refractivity contribution in [3.8, 4) is 0 Å². The number of piperidine rings is 1. The van der Waals surface area contributed by atoms with Crippen molar-refractivity contribution < 1.29 is 28.7 Å². The van der Waals surface area contributed by atoms with Gasteiger partial charge in [0.25, 0.3) is 5.91 Å². The molecule has 0 bridgehead atoms. The number of imide groups is 1. The summed E-state index contributed by atoms with van der Waals surface area (Å²) >= 11 is 0. The van der Waals surface area contributed by atoms with E-state index in [1.54, 1.807) is 40.0 Å². The Morgan fingerprint density at radius 3 is 2.53 bits per heavy atom. The summed E-state index contributed by atoms with van der Waals surface area (Å²) in [5.41, 5.74) is 1.40. The zero-order valence-corrected chi connectivity index (χ0v) is 21.8. The maximum absolute atomic E-state index is 13.1. The number of benzene rings is 1. The summed E-state index contributed by atoms with van der Waals surface area (Å²) in [5.74, 6) is -1.14. The van der Waals surface area contributed by atoms with Crippen molar-refractivity contribution in [3.63, 3.8) is 0 Å². The molecule has 1 aromatic rings. The van der Waals surface area contributed by atoms with Crippen LogP contribution in [-0.2, 0) is 32.2 Å². The number of nitrogens with zero attached hydrogens (tertiary/aromatic N) is 2. The molecule has 3 rings (SSSR count). The minimum Gasteiger partial charge on any atom is -0.444 e. The van der Waals surface area contributed by atoms with Gasteiger partial charge in [0.2, 0.25) is 17.7 Å².